The summed E-state index contributed by atoms with van der Waals surface area (Å²) >= 11 is 1.30. The zero-order chi connectivity index (χ0) is 13.8. The number of amides is 2. The van der Waals surface area contributed by atoms with Gasteiger partial charge in [-0.3, -0.25) is 5.32 Å². The molecule has 1 aromatic heterocycles. The van der Waals surface area contributed by atoms with E-state index in [4.69, 9.17) is 5.11 Å². The Morgan fingerprint density at radius 3 is 2.74 bits per heavy atom. The molecule has 0 aliphatic rings. The lowest BCUT2D eigenvalue weighted by Gasteiger charge is -2.10. The van der Waals surface area contributed by atoms with E-state index in [2.05, 4.69) is 15.6 Å². The van der Waals surface area contributed by atoms with Gasteiger partial charge in [0.2, 0.25) is 0 Å². The Hall–Kier alpha value is -2.41. The molecule has 0 unspecified atom stereocenters. The first kappa shape index (κ1) is 13.0. The molecule has 2 rings (SSSR count). The Labute approximate surface area is 113 Å². The molecule has 0 spiro atoms. The second-order valence-electron chi connectivity index (χ2n) is 3.70. The number of aromatic carboxylic acids is 1. The maximum Gasteiger partial charge on any atom is 0.336 e. The van der Waals surface area contributed by atoms with E-state index >= 15 is 0 Å². The molecule has 0 fully saturated rings. The number of anilines is 2. The van der Waals surface area contributed by atoms with Crippen molar-refractivity contribution in [2.24, 2.45) is 0 Å². The second-order valence-corrected chi connectivity index (χ2v) is 4.59. The smallest absolute Gasteiger partial charge is 0.336 e. The predicted molar refractivity (Wildman–Crippen MR) is 72.9 cm³/mol. The topological polar surface area (TPSA) is 91.3 Å². The van der Waals surface area contributed by atoms with Crippen LogP contribution >= 0.6 is 11.3 Å². The van der Waals surface area contributed by atoms with Crippen LogP contribution in [0.2, 0.25) is 0 Å². The van der Waals surface area contributed by atoms with Gasteiger partial charge in [0.25, 0.3) is 0 Å². The largest absolute Gasteiger partial charge is 0.478 e. The number of benzene rings is 1. The van der Waals surface area contributed by atoms with Crippen molar-refractivity contribution in [3.8, 4) is 0 Å². The molecule has 3 N–H and O–H groups in total. The van der Waals surface area contributed by atoms with Crippen LogP contribution in [0.15, 0.2) is 29.8 Å². The minimum Gasteiger partial charge on any atom is -0.478 e. The van der Waals surface area contributed by atoms with Gasteiger partial charge in [0.1, 0.15) is 0 Å². The minimum absolute atomic E-state index is 0.159. The molecular formula is C12H11N3O3S. The molecule has 2 amide bonds. The van der Waals surface area contributed by atoms with Gasteiger partial charge in [0, 0.05) is 17.3 Å². The number of aromatic nitrogens is 1. The molecule has 0 aliphatic carbocycles. The summed E-state index contributed by atoms with van der Waals surface area (Å²) in [6, 6.07) is 4.25. The molecule has 19 heavy (non-hydrogen) atoms. The fourth-order valence-electron chi connectivity index (χ4n) is 1.54. The molecule has 2 aromatic rings. The Balaban J connectivity index is 2.13. The van der Waals surface area contributed by atoms with E-state index in [1.54, 1.807) is 30.6 Å². The number of carboxylic acid groups (broad SMARTS) is 1. The number of nitrogens with zero attached hydrogens (tertiary/aromatic N) is 1. The standard InChI is InChI=1S/C12H11N3O3S/c1-7-8(10(16)17)3-2-4-9(7)14-11(18)15-12-13-5-6-19-12/h2-6H,1H3,(H,16,17)(H2,13,14,15,18). The Morgan fingerprint density at radius 2 is 2.11 bits per heavy atom. The summed E-state index contributed by atoms with van der Waals surface area (Å²) in [5.74, 6) is -1.03. The summed E-state index contributed by atoms with van der Waals surface area (Å²) in [5.41, 5.74) is 1.12. The highest BCUT2D eigenvalue weighted by molar-refractivity contribution is 7.13. The number of carbonyl (C=O) groups is 2. The van der Waals surface area contributed by atoms with Gasteiger partial charge in [-0.1, -0.05) is 6.07 Å². The van der Waals surface area contributed by atoms with E-state index in [0.717, 1.165) is 0 Å². The monoisotopic (exact) mass is 277 g/mol. The molecule has 0 radical (unpaired) electrons. The van der Waals surface area contributed by atoms with Crippen LogP contribution in [0.25, 0.3) is 0 Å². The molecule has 1 heterocycles. The average Bonchev–Trinajstić information content (AvgIpc) is 2.84. The van der Waals surface area contributed by atoms with Crippen molar-refractivity contribution in [1.29, 1.82) is 0 Å². The van der Waals surface area contributed by atoms with E-state index in [0.29, 0.717) is 16.4 Å². The average molecular weight is 277 g/mol. The first-order valence-corrected chi connectivity index (χ1v) is 6.26. The Morgan fingerprint density at radius 1 is 1.32 bits per heavy atom. The van der Waals surface area contributed by atoms with Crippen LogP contribution in [0.3, 0.4) is 0 Å². The van der Waals surface area contributed by atoms with E-state index in [1.165, 1.54) is 17.4 Å². The third-order valence-corrected chi connectivity index (χ3v) is 3.15. The van der Waals surface area contributed by atoms with Gasteiger partial charge in [-0.25, -0.2) is 14.6 Å². The van der Waals surface area contributed by atoms with Crippen LogP contribution in [-0.4, -0.2) is 22.1 Å². The van der Waals surface area contributed by atoms with Gasteiger partial charge in [0.15, 0.2) is 5.13 Å². The summed E-state index contributed by atoms with van der Waals surface area (Å²) in [5, 5.41) is 16.4. The lowest BCUT2D eigenvalue weighted by molar-refractivity contribution is 0.0696. The number of carboxylic acids is 1. The highest BCUT2D eigenvalue weighted by Gasteiger charge is 2.12. The molecule has 1 aromatic carbocycles. The molecule has 0 bridgehead atoms. The summed E-state index contributed by atoms with van der Waals surface area (Å²) in [4.78, 5) is 26.6. The minimum atomic E-state index is -1.03. The number of carbonyl (C=O) groups excluding carboxylic acids is 1. The highest BCUT2D eigenvalue weighted by atomic mass is 32.1. The summed E-state index contributed by atoms with van der Waals surface area (Å²) in [6.45, 7) is 1.64. The maximum absolute atomic E-state index is 11.7. The molecule has 0 atom stereocenters. The first-order valence-electron chi connectivity index (χ1n) is 5.38. The molecular weight excluding hydrogens is 266 g/mol. The van der Waals surface area contributed by atoms with Crippen molar-refractivity contribution in [2.45, 2.75) is 6.92 Å². The van der Waals surface area contributed by atoms with Gasteiger partial charge in [-0.15, -0.1) is 11.3 Å². The molecule has 7 heteroatoms. The van der Waals surface area contributed by atoms with E-state index in [9.17, 15) is 9.59 Å². The number of hydrogen-bond donors (Lipinski definition) is 3. The van der Waals surface area contributed by atoms with Crippen molar-refractivity contribution < 1.29 is 14.7 Å². The Bertz CT molecular complexity index is 611. The van der Waals surface area contributed by atoms with Crippen LogP contribution in [0.5, 0.6) is 0 Å². The molecule has 0 aliphatic heterocycles. The lowest BCUT2D eigenvalue weighted by Crippen LogP contribution is -2.20. The molecule has 0 saturated carbocycles. The van der Waals surface area contributed by atoms with Gasteiger partial charge >= 0.3 is 12.0 Å². The third kappa shape index (κ3) is 3.08. The second kappa shape index (κ2) is 5.49. The molecule has 6 nitrogen and oxygen atoms in total. The predicted octanol–water partition coefficient (Wildman–Crippen LogP) is 2.79. The molecule has 98 valence electrons. The van der Waals surface area contributed by atoms with Gasteiger partial charge in [-0.05, 0) is 24.6 Å². The number of nitrogens with one attached hydrogen (secondary N) is 2. The van der Waals surface area contributed by atoms with Gasteiger partial charge in [0.05, 0.1) is 5.56 Å². The van der Waals surface area contributed by atoms with Crippen LogP contribution in [-0.2, 0) is 0 Å². The Kier molecular flexibility index (Phi) is 3.76. The highest BCUT2D eigenvalue weighted by Crippen LogP contribution is 2.19. The fraction of sp³-hybridized carbons (Fsp3) is 0.0833. The van der Waals surface area contributed by atoms with E-state index in [-0.39, 0.29) is 5.56 Å². The quantitative estimate of drug-likeness (QED) is 0.804. The normalized spacial score (nSPS) is 9.95. The van der Waals surface area contributed by atoms with E-state index < -0.39 is 12.0 Å². The summed E-state index contributed by atoms with van der Waals surface area (Å²) < 4.78 is 0. The van der Waals surface area contributed by atoms with E-state index in [1.807, 2.05) is 0 Å². The molecule has 0 saturated heterocycles. The first-order chi connectivity index (χ1) is 9.08. The summed E-state index contributed by atoms with van der Waals surface area (Å²) in [6.07, 6.45) is 1.58. The summed E-state index contributed by atoms with van der Waals surface area (Å²) in [7, 11) is 0. The van der Waals surface area contributed by atoms with Gasteiger partial charge < -0.3 is 10.4 Å². The third-order valence-electron chi connectivity index (χ3n) is 2.47. The van der Waals surface area contributed by atoms with Crippen molar-refractivity contribution in [1.82, 2.24) is 4.98 Å². The lowest BCUT2D eigenvalue weighted by atomic mass is 10.1. The SMILES string of the molecule is Cc1c(NC(=O)Nc2nccs2)cccc1C(=O)O. The number of thiazole rings is 1. The maximum atomic E-state index is 11.7. The number of hydrogen-bond acceptors (Lipinski definition) is 4. The van der Waals surface area contributed by atoms with Crippen LogP contribution < -0.4 is 10.6 Å². The van der Waals surface area contributed by atoms with Crippen molar-refractivity contribution in [2.75, 3.05) is 10.6 Å². The van der Waals surface area contributed by atoms with Crippen LogP contribution in [0.1, 0.15) is 15.9 Å². The van der Waals surface area contributed by atoms with Gasteiger partial charge in [-0.2, -0.15) is 0 Å². The van der Waals surface area contributed by atoms with Crippen molar-refractivity contribution in [3.05, 3.63) is 40.9 Å². The van der Waals surface area contributed by atoms with Crippen LogP contribution in [0.4, 0.5) is 15.6 Å². The van der Waals surface area contributed by atoms with Crippen LogP contribution in [0, 0.1) is 6.92 Å². The number of urea groups is 1. The zero-order valence-corrected chi connectivity index (χ0v) is 10.8. The zero-order valence-electron chi connectivity index (χ0n) is 10.0. The number of rotatable bonds is 3. The van der Waals surface area contributed by atoms with Crippen molar-refractivity contribution >= 4 is 34.2 Å². The van der Waals surface area contributed by atoms with Crippen molar-refractivity contribution in [3.63, 3.8) is 0 Å². The fourth-order valence-corrected chi connectivity index (χ4v) is 2.06.